The van der Waals surface area contributed by atoms with Crippen LogP contribution in [-0.2, 0) is 6.42 Å². The maximum atomic E-state index is 11.0. The van der Waals surface area contributed by atoms with Crippen LogP contribution in [-0.4, -0.2) is 26.4 Å². The van der Waals surface area contributed by atoms with Gasteiger partial charge in [0.1, 0.15) is 5.69 Å². The number of nitrogens with two attached hydrogens (primary N) is 1. The van der Waals surface area contributed by atoms with E-state index in [-0.39, 0.29) is 23.1 Å². The second kappa shape index (κ2) is 5.91. The Kier molecular flexibility index (Phi) is 4.04. The summed E-state index contributed by atoms with van der Waals surface area (Å²) in [5.41, 5.74) is 6.64. The molecule has 2 rings (SSSR count). The minimum atomic E-state index is -0.513. The lowest BCUT2D eigenvalue weighted by molar-refractivity contribution is -0.385. The first kappa shape index (κ1) is 13.7. The van der Waals surface area contributed by atoms with Crippen LogP contribution in [0.5, 0.6) is 0 Å². The van der Waals surface area contributed by atoms with Gasteiger partial charge in [-0.3, -0.25) is 15.1 Å². The van der Waals surface area contributed by atoms with Crippen LogP contribution in [0.3, 0.4) is 0 Å². The molecule has 20 heavy (non-hydrogen) atoms. The molecule has 0 radical (unpaired) electrons. The van der Waals surface area contributed by atoms with Crippen molar-refractivity contribution in [1.29, 1.82) is 0 Å². The maximum Gasteiger partial charge on any atom is 0.332 e. The van der Waals surface area contributed by atoms with E-state index in [2.05, 4.69) is 20.3 Å². The van der Waals surface area contributed by atoms with Crippen LogP contribution < -0.4 is 11.1 Å². The molecule has 2 aromatic rings. The molecule has 2 aromatic heterocycles. The topological polar surface area (TPSA) is 120 Å². The van der Waals surface area contributed by atoms with Crippen molar-refractivity contribution < 1.29 is 4.92 Å². The summed E-state index contributed by atoms with van der Waals surface area (Å²) >= 11 is 0. The number of anilines is 2. The molecule has 8 nitrogen and oxygen atoms in total. The third-order valence-electron chi connectivity index (χ3n) is 2.69. The predicted octanol–water partition coefficient (Wildman–Crippen LogP) is 1.33. The monoisotopic (exact) mass is 274 g/mol. The molecule has 0 fully saturated rings. The van der Waals surface area contributed by atoms with E-state index in [1.807, 2.05) is 12.1 Å². The van der Waals surface area contributed by atoms with Gasteiger partial charge in [-0.1, -0.05) is 6.07 Å². The van der Waals surface area contributed by atoms with Crippen LogP contribution in [0.1, 0.15) is 11.3 Å². The summed E-state index contributed by atoms with van der Waals surface area (Å²) in [6.45, 7) is 2.02. The van der Waals surface area contributed by atoms with E-state index >= 15 is 0 Å². The lowest BCUT2D eigenvalue weighted by atomic mass is 10.2. The first-order valence-corrected chi connectivity index (χ1v) is 5.99. The number of hydrogen-bond acceptors (Lipinski definition) is 7. The molecule has 0 amide bonds. The van der Waals surface area contributed by atoms with Crippen LogP contribution in [0.15, 0.2) is 24.5 Å². The summed E-state index contributed by atoms with van der Waals surface area (Å²) in [5.74, 6) is 0.154. The number of nitro groups is 1. The molecule has 8 heteroatoms. The molecule has 0 saturated carbocycles. The van der Waals surface area contributed by atoms with E-state index in [9.17, 15) is 10.1 Å². The average molecular weight is 274 g/mol. The minimum absolute atomic E-state index is 0.0111. The van der Waals surface area contributed by atoms with E-state index in [0.29, 0.717) is 13.0 Å². The highest BCUT2D eigenvalue weighted by Gasteiger charge is 2.20. The molecule has 0 aromatic carbocycles. The van der Waals surface area contributed by atoms with Crippen LogP contribution in [0.4, 0.5) is 17.5 Å². The number of nitrogens with zero attached hydrogens (tertiary/aromatic N) is 4. The minimum Gasteiger partial charge on any atom is -0.368 e. The van der Waals surface area contributed by atoms with Crippen molar-refractivity contribution in [2.45, 2.75) is 13.3 Å². The lowest BCUT2D eigenvalue weighted by Crippen LogP contribution is -2.12. The van der Waals surface area contributed by atoms with Gasteiger partial charge in [0.2, 0.25) is 11.8 Å². The number of aryl methyl sites for hydroxylation is 1. The first-order chi connectivity index (χ1) is 9.58. The first-order valence-electron chi connectivity index (χ1n) is 5.99. The van der Waals surface area contributed by atoms with Gasteiger partial charge in [0.25, 0.3) is 0 Å². The Hall–Kier alpha value is -2.77. The van der Waals surface area contributed by atoms with E-state index < -0.39 is 4.92 Å². The van der Waals surface area contributed by atoms with Crippen LogP contribution >= 0.6 is 0 Å². The van der Waals surface area contributed by atoms with E-state index in [1.54, 1.807) is 12.4 Å². The number of nitrogens with one attached hydrogen (secondary N) is 1. The van der Waals surface area contributed by atoms with Gasteiger partial charge in [0.05, 0.1) is 4.92 Å². The third-order valence-corrected chi connectivity index (χ3v) is 2.69. The van der Waals surface area contributed by atoms with Gasteiger partial charge < -0.3 is 11.1 Å². The van der Waals surface area contributed by atoms with Crippen molar-refractivity contribution in [2.24, 2.45) is 0 Å². The van der Waals surface area contributed by atoms with Gasteiger partial charge in [0.15, 0.2) is 0 Å². The molecule has 0 bridgehead atoms. The maximum absolute atomic E-state index is 11.0. The van der Waals surface area contributed by atoms with Crippen LogP contribution in [0.25, 0.3) is 0 Å². The highest BCUT2D eigenvalue weighted by atomic mass is 16.6. The molecule has 0 aliphatic heterocycles. The van der Waals surface area contributed by atoms with Crippen molar-refractivity contribution in [1.82, 2.24) is 15.0 Å². The highest BCUT2D eigenvalue weighted by molar-refractivity contribution is 5.60. The van der Waals surface area contributed by atoms with E-state index in [0.717, 1.165) is 5.56 Å². The normalized spacial score (nSPS) is 10.2. The van der Waals surface area contributed by atoms with Crippen molar-refractivity contribution in [3.05, 3.63) is 45.9 Å². The zero-order valence-corrected chi connectivity index (χ0v) is 10.9. The van der Waals surface area contributed by atoms with Gasteiger partial charge in [-0.05, 0) is 25.0 Å². The van der Waals surface area contributed by atoms with Crippen LogP contribution in [0, 0.1) is 17.0 Å². The third kappa shape index (κ3) is 3.16. The lowest BCUT2D eigenvalue weighted by Gasteiger charge is -2.08. The van der Waals surface area contributed by atoms with Gasteiger partial charge in [-0.25, -0.2) is 4.98 Å². The van der Waals surface area contributed by atoms with Gasteiger partial charge in [-0.2, -0.15) is 4.98 Å². The van der Waals surface area contributed by atoms with E-state index in [4.69, 9.17) is 5.73 Å². The molecule has 104 valence electrons. The molecule has 0 saturated heterocycles. The summed E-state index contributed by atoms with van der Waals surface area (Å²) in [5, 5.41) is 13.9. The zero-order valence-electron chi connectivity index (χ0n) is 10.9. The van der Waals surface area contributed by atoms with E-state index in [1.165, 1.54) is 6.92 Å². The largest absolute Gasteiger partial charge is 0.368 e. The van der Waals surface area contributed by atoms with Gasteiger partial charge in [-0.15, -0.1) is 0 Å². The van der Waals surface area contributed by atoms with Crippen molar-refractivity contribution in [3.8, 4) is 0 Å². The molecule has 0 unspecified atom stereocenters. The summed E-state index contributed by atoms with van der Waals surface area (Å²) < 4.78 is 0. The molecular weight excluding hydrogens is 260 g/mol. The molecular formula is C12H14N6O2. The Labute approximate surface area is 115 Å². The van der Waals surface area contributed by atoms with Crippen LogP contribution in [0.2, 0.25) is 0 Å². The standard InChI is InChI=1S/C12H14N6O2/c1-8-10(18(19)20)11(17-12(13)16-8)15-6-4-9-3-2-5-14-7-9/h2-3,5,7H,4,6H2,1H3,(H3,13,15,16,17). The SMILES string of the molecule is Cc1nc(N)nc(NCCc2cccnc2)c1[N+](=O)[O-]. The van der Waals surface area contributed by atoms with Gasteiger partial charge in [0, 0.05) is 18.9 Å². The number of pyridine rings is 1. The molecule has 3 N–H and O–H groups in total. The summed E-state index contributed by atoms with van der Waals surface area (Å²) in [7, 11) is 0. The molecule has 0 atom stereocenters. The molecule has 0 aliphatic carbocycles. The van der Waals surface area contributed by atoms with Gasteiger partial charge >= 0.3 is 5.69 Å². The molecule has 0 spiro atoms. The highest BCUT2D eigenvalue weighted by Crippen LogP contribution is 2.25. The van der Waals surface area contributed by atoms with Crippen molar-refractivity contribution >= 4 is 17.5 Å². The second-order valence-electron chi connectivity index (χ2n) is 4.16. The average Bonchev–Trinajstić information content (AvgIpc) is 2.38. The number of hydrogen-bond donors (Lipinski definition) is 2. The fraction of sp³-hybridized carbons (Fsp3) is 0.250. The molecule has 2 heterocycles. The Bertz CT molecular complexity index is 617. The second-order valence-corrected chi connectivity index (χ2v) is 4.16. The fourth-order valence-electron chi connectivity index (χ4n) is 1.80. The summed E-state index contributed by atoms with van der Waals surface area (Å²) in [4.78, 5) is 22.2. The number of rotatable bonds is 5. The van der Waals surface area contributed by atoms with Crippen molar-refractivity contribution in [3.63, 3.8) is 0 Å². The Morgan fingerprint density at radius 2 is 2.25 bits per heavy atom. The number of nitrogen functional groups attached to an aromatic ring is 1. The Morgan fingerprint density at radius 3 is 2.90 bits per heavy atom. The fourth-order valence-corrected chi connectivity index (χ4v) is 1.80. The number of aromatic nitrogens is 3. The van der Waals surface area contributed by atoms with Crippen molar-refractivity contribution in [2.75, 3.05) is 17.6 Å². The summed E-state index contributed by atoms with van der Waals surface area (Å²) in [6.07, 6.45) is 4.11. The zero-order chi connectivity index (χ0) is 14.5. The quantitative estimate of drug-likeness (QED) is 0.623. The Balaban J connectivity index is 2.11. The smallest absolute Gasteiger partial charge is 0.332 e. The Morgan fingerprint density at radius 1 is 1.45 bits per heavy atom. The predicted molar refractivity (Wildman–Crippen MR) is 74.3 cm³/mol. The summed E-state index contributed by atoms with van der Waals surface area (Å²) in [6, 6.07) is 3.77. The molecule has 0 aliphatic rings.